The lowest BCUT2D eigenvalue weighted by Gasteiger charge is -2.15. The number of ether oxygens (including phenoxy) is 2. The second-order valence-corrected chi connectivity index (χ2v) is 5.50. The fourth-order valence-electron chi connectivity index (χ4n) is 2.22. The van der Waals surface area contributed by atoms with Crippen molar-refractivity contribution in [3.8, 4) is 5.75 Å². The van der Waals surface area contributed by atoms with Gasteiger partial charge < -0.3 is 14.8 Å². The monoisotopic (exact) mass is 360 g/mol. The first-order valence-corrected chi connectivity index (χ1v) is 8.19. The van der Waals surface area contributed by atoms with E-state index >= 15 is 0 Å². The quantitative estimate of drug-likeness (QED) is 0.790. The smallest absolute Gasteiger partial charge is 0.411 e. The molecule has 0 heterocycles. The Labute approximate surface area is 151 Å². The van der Waals surface area contributed by atoms with Crippen molar-refractivity contribution in [3.05, 3.63) is 59.9 Å². The van der Waals surface area contributed by atoms with E-state index in [1.807, 2.05) is 0 Å². The van der Waals surface area contributed by atoms with Gasteiger partial charge in [-0.25, -0.2) is 9.18 Å². The summed E-state index contributed by atoms with van der Waals surface area (Å²) in [6.45, 7) is 3.60. The second-order valence-electron chi connectivity index (χ2n) is 5.50. The number of hydrogen-bond donors (Lipinski definition) is 2. The Kier molecular flexibility index (Phi) is 6.96. The number of amides is 2. The zero-order valence-electron chi connectivity index (χ0n) is 14.6. The fourth-order valence-corrected chi connectivity index (χ4v) is 2.22. The first-order chi connectivity index (χ1) is 12.5. The van der Waals surface area contributed by atoms with E-state index in [1.54, 1.807) is 50.2 Å². The van der Waals surface area contributed by atoms with Gasteiger partial charge in [0.2, 0.25) is 0 Å². The first kappa shape index (κ1) is 19.2. The number of benzene rings is 2. The molecule has 138 valence electrons. The van der Waals surface area contributed by atoms with Gasteiger partial charge in [0.1, 0.15) is 11.6 Å². The summed E-state index contributed by atoms with van der Waals surface area (Å²) in [5.74, 6) is -0.207. The third-order valence-electron chi connectivity index (χ3n) is 3.47. The highest BCUT2D eigenvalue weighted by molar-refractivity contribution is 5.84. The van der Waals surface area contributed by atoms with Crippen molar-refractivity contribution in [2.75, 3.05) is 18.5 Å². The van der Waals surface area contributed by atoms with Gasteiger partial charge in [0.15, 0.2) is 6.61 Å². The molecule has 0 fully saturated rings. The number of hydrogen-bond acceptors (Lipinski definition) is 4. The van der Waals surface area contributed by atoms with E-state index in [1.165, 1.54) is 12.1 Å². The van der Waals surface area contributed by atoms with E-state index in [9.17, 15) is 14.0 Å². The Bertz CT molecular complexity index is 749. The minimum atomic E-state index is -0.560. The number of rotatable bonds is 7. The minimum absolute atomic E-state index is 0.186. The molecule has 0 saturated heterocycles. The predicted octanol–water partition coefficient (Wildman–Crippen LogP) is 3.65. The molecule has 2 amide bonds. The van der Waals surface area contributed by atoms with Crippen molar-refractivity contribution in [3.63, 3.8) is 0 Å². The highest BCUT2D eigenvalue weighted by Crippen LogP contribution is 2.18. The SMILES string of the molecule is CCOC(=O)Nc1cccc(OCC(=O)NC(C)c2ccc(F)cc2)c1. The molecule has 7 heteroatoms. The lowest BCUT2D eigenvalue weighted by Crippen LogP contribution is -2.31. The van der Waals surface area contributed by atoms with Gasteiger partial charge in [-0.15, -0.1) is 0 Å². The molecular weight excluding hydrogens is 339 g/mol. The van der Waals surface area contributed by atoms with Gasteiger partial charge in [0.25, 0.3) is 5.91 Å². The van der Waals surface area contributed by atoms with Crippen LogP contribution in [0.4, 0.5) is 14.9 Å². The van der Waals surface area contributed by atoms with Gasteiger partial charge in [-0.3, -0.25) is 10.1 Å². The number of carbonyl (C=O) groups is 2. The van der Waals surface area contributed by atoms with Crippen molar-refractivity contribution >= 4 is 17.7 Å². The summed E-state index contributed by atoms with van der Waals surface area (Å²) < 4.78 is 23.2. The van der Waals surface area contributed by atoms with Crippen LogP contribution in [-0.2, 0) is 9.53 Å². The maximum absolute atomic E-state index is 12.9. The summed E-state index contributed by atoms with van der Waals surface area (Å²) >= 11 is 0. The number of halogens is 1. The van der Waals surface area contributed by atoms with Gasteiger partial charge in [0, 0.05) is 11.8 Å². The van der Waals surface area contributed by atoms with Crippen LogP contribution in [0.5, 0.6) is 5.75 Å². The van der Waals surface area contributed by atoms with E-state index in [-0.39, 0.29) is 31.0 Å². The molecule has 0 bridgehead atoms. The van der Waals surface area contributed by atoms with E-state index in [4.69, 9.17) is 9.47 Å². The lowest BCUT2D eigenvalue weighted by atomic mass is 10.1. The molecule has 0 aromatic heterocycles. The Balaban J connectivity index is 1.85. The van der Waals surface area contributed by atoms with Crippen molar-refractivity contribution in [2.24, 2.45) is 0 Å². The molecule has 1 unspecified atom stereocenters. The van der Waals surface area contributed by atoms with Crippen molar-refractivity contribution in [1.29, 1.82) is 0 Å². The molecule has 2 N–H and O–H groups in total. The summed E-state index contributed by atoms with van der Waals surface area (Å²) in [6.07, 6.45) is -0.560. The predicted molar refractivity (Wildman–Crippen MR) is 95.5 cm³/mol. The average Bonchev–Trinajstić information content (AvgIpc) is 2.61. The minimum Gasteiger partial charge on any atom is -0.484 e. The third kappa shape index (κ3) is 6.08. The molecule has 0 saturated carbocycles. The summed E-state index contributed by atoms with van der Waals surface area (Å²) in [4.78, 5) is 23.4. The molecule has 0 spiro atoms. The number of carbonyl (C=O) groups excluding carboxylic acids is 2. The summed E-state index contributed by atoms with van der Waals surface area (Å²) in [5, 5.41) is 5.33. The molecule has 6 nitrogen and oxygen atoms in total. The molecule has 2 rings (SSSR count). The van der Waals surface area contributed by atoms with Crippen LogP contribution >= 0.6 is 0 Å². The highest BCUT2D eigenvalue weighted by Gasteiger charge is 2.11. The Morgan fingerprint density at radius 1 is 1.15 bits per heavy atom. The maximum Gasteiger partial charge on any atom is 0.411 e. The molecular formula is C19H21FN2O4. The fraction of sp³-hybridized carbons (Fsp3) is 0.263. The largest absolute Gasteiger partial charge is 0.484 e. The van der Waals surface area contributed by atoms with Crippen LogP contribution in [0.15, 0.2) is 48.5 Å². The van der Waals surface area contributed by atoms with Crippen LogP contribution in [0.25, 0.3) is 0 Å². The Hall–Kier alpha value is -3.09. The average molecular weight is 360 g/mol. The normalized spacial score (nSPS) is 11.3. The van der Waals surface area contributed by atoms with E-state index < -0.39 is 6.09 Å². The standard InChI is InChI=1S/C19H21FN2O4/c1-3-25-19(24)22-16-5-4-6-17(11-16)26-12-18(23)21-13(2)14-7-9-15(20)10-8-14/h4-11,13H,3,12H2,1-2H3,(H,21,23)(H,22,24). The van der Waals surface area contributed by atoms with Crippen molar-refractivity contribution in [2.45, 2.75) is 19.9 Å². The van der Waals surface area contributed by atoms with Gasteiger partial charge in [-0.2, -0.15) is 0 Å². The zero-order valence-corrected chi connectivity index (χ0v) is 14.6. The molecule has 2 aromatic rings. The van der Waals surface area contributed by atoms with Crippen LogP contribution in [0.2, 0.25) is 0 Å². The highest BCUT2D eigenvalue weighted by atomic mass is 19.1. The number of nitrogens with one attached hydrogen (secondary N) is 2. The molecule has 0 radical (unpaired) electrons. The molecule has 26 heavy (non-hydrogen) atoms. The van der Waals surface area contributed by atoms with Crippen LogP contribution in [0.3, 0.4) is 0 Å². The zero-order chi connectivity index (χ0) is 18.9. The van der Waals surface area contributed by atoms with E-state index in [0.29, 0.717) is 11.4 Å². The van der Waals surface area contributed by atoms with Crippen LogP contribution in [0, 0.1) is 5.82 Å². The Morgan fingerprint density at radius 3 is 2.58 bits per heavy atom. The van der Waals surface area contributed by atoms with Crippen LogP contribution < -0.4 is 15.4 Å². The molecule has 0 aliphatic rings. The van der Waals surface area contributed by atoms with Crippen LogP contribution in [0.1, 0.15) is 25.5 Å². The topological polar surface area (TPSA) is 76.7 Å². The summed E-state index contributed by atoms with van der Waals surface area (Å²) in [7, 11) is 0. The van der Waals surface area contributed by atoms with Crippen molar-refractivity contribution in [1.82, 2.24) is 5.32 Å². The molecule has 1 atom stereocenters. The third-order valence-corrected chi connectivity index (χ3v) is 3.47. The lowest BCUT2D eigenvalue weighted by molar-refractivity contribution is -0.123. The van der Waals surface area contributed by atoms with Crippen LogP contribution in [-0.4, -0.2) is 25.2 Å². The van der Waals surface area contributed by atoms with Gasteiger partial charge in [-0.05, 0) is 43.7 Å². The van der Waals surface area contributed by atoms with Gasteiger partial charge >= 0.3 is 6.09 Å². The Morgan fingerprint density at radius 2 is 1.88 bits per heavy atom. The van der Waals surface area contributed by atoms with Crippen molar-refractivity contribution < 1.29 is 23.5 Å². The molecule has 2 aromatic carbocycles. The molecule has 0 aliphatic heterocycles. The van der Waals surface area contributed by atoms with E-state index in [2.05, 4.69) is 10.6 Å². The van der Waals surface area contributed by atoms with Gasteiger partial charge in [-0.1, -0.05) is 18.2 Å². The maximum atomic E-state index is 12.9. The first-order valence-electron chi connectivity index (χ1n) is 8.19. The van der Waals surface area contributed by atoms with Gasteiger partial charge in [0.05, 0.1) is 12.6 Å². The summed E-state index contributed by atoms with van der Waals surface area (Å²) in [5.41, 5.74) is 1.29. The van der Waals surface area contributed by atoms with E-state index in [0.717, 1.165) is 5.56 Å². The summed E-state index contributed by atoms with van der Waals surface area (Å²) in [6, 6.07) is 12.3. The molecule has 0 aliphatic carbocycles. The second kappa shape index (κ2) is 9.41. The number of anilines is 1.